The number of piperazine rings is 1. The summed E-state index contributed by atoms with van der Waals surface area (Å²) in [4.78, 5) is 21.3. The van der Waals surface area contributed by atoms with E-state index >= 15 is 0 Å². The number of carbonyl (C=O) groups is 1. The molecular weight excluding hydrogens is 412 g/mol. The summed E-state index contributed by atoms with van der Waals surface area (Å²) in [5.41, 5.74) is 3.32. The number of urea groups is 1. The van der Waals surface area contributed by atoms with Crippen LogP contribution in [0, 0.1) is 0 Å². The van der Waals surface area contributed by atoms with E-state index < -0.39 is 0 Å². The van der Waals surface area contributed by atoms with Crippen molar-refractivity contribution in [2.75, 3.05) is 31.1 Å². The monoisotopic (exact) mass is 440 g/mol. The number of nitrogens with zero attached hydrogens (tertiary/aromatic N) is 3. The van der Waals surface area contributed by atoms with Crippen molar-refractivity contribution in [3.8, 4) is 11.3 Å². The van der Waals surface area contributed by atoms with Gasteiger partial charge in [-0.2, -0.15) is 0 Å². The Hall–Kier alpha value is -3.80. The third-order valence-electron chi connectivity index (χ3n) is 6.25. The Bertz CT molecular complexity index is 1240. The van der Waals surface area contributed by atoms with Crippen LogP contribution in [0.15, 0.2) is 77.3 Å². The third-order valence-corrected chi connectivity index (χ3v) is 6.25. The van der Waals surface area contributed by atoms with Gasteiger partial charge in [0.05, 0.1) is 6.20 Å². The Morgan fingerprint density at radius 2 is 1.73 bits per heavy atom. The molecule has 0 atom stereocenters. The number of carbonyl (C=O) groups excluding carboxylic acids is 1. The summed E-state index contributed by atoms with van der Waals surface area (Å²) in [6.07, 6.45) is 2.57. The van der Waals surface area contributed by atoms with E-state index in [1.807, 2.05) is 30.0 Å². The number of nitrogens with one attached hydrogen (secondary N) is 1. The maximum Gasteiger partial charge on any atom is 0.317 e. The minimum Gasteiger partial charge on any atom is -0.441 e. The van der Waals surface area contributed by atoms with Gasteiger partial charge in [0, 0.05) is 50.4 Å². The van der Waals surface area contributed by atoms with Crippen molar-refractivity contribution in [1.29, 1.82) is 0 Å². The minimum atomic E-state index is -0.00465. The average Bonchev–Trinajstić information content (AvgIpc) is 3.37. The molecule has 2 heterocycles. The van der Waals surface area contributed by atoms with Crippen LogP contribution < -0.4 is 10.2 Å². The van der Waals surface area contributed by atoms with Crippen LogP contribution in [-0.2, 0) is 13.0 Å². The number of rotatable bonds is 5. The van der Waals surface area contributed by atoms with E-state index in [0.29, 0.717) is 19.6 Å². The van der Waals surface area contributed by atoms with E-state index in [0.717, 1.165) is 48.0 Å². The number of benzene rings is 3. The summed E-state index contributed by atoms with van der Waals surface area (Å²) in [6, 6.07) is 22.8. The second-order valence-electron chi connectivity index (χ2n) is 8.29. The number of anilines is 1. The van der Waals surface area contributed by atoms with Gasteiger partial charge in [-0.05, 0) is 40.6 Å². The smallest absolute Gasteiger partial charge is 0.317 e. The zero-order valence-electron chi connectivity index (χ0n) is 18.8. The topological polar surface area (TPSA) is 61.6 Å². The molecule has 0 bridgehead atoms. The van der Waals surface area contributed by atoms with Crippen molar-refractivity contribution in [1.82, 2.24) is 15.2 Å². The molecule has 4 aromatic rings. The van der Waals surface area contributed by atoms with Crippen molar-refractivity contribution in [3.05, 3.63) is 84.4 Å². The van der Waals surface area contributed by atoms with Crippen LogP contribution in [0.5, 0.6) is 0 Å². The first-order chi connectivity index (χ1) is 16.2. The summed E-state index contributed by atoms with van der Waals surface area (Å²) < 4.78 is 5.75. The Balaban J connectivity index is 1.15. The van der Waals surface area contributed by atoms with E-state index in [1.165, 1.54) is 10.8 Å². The molecule has 0 unspecified atom stereocenters. The van der Waals surface area contributed by atoms with Gasteiger partial charge in [0.1, 0.15) is 0 Å². The van der Waals surface area contributed by atoms with Gasteiger partial charge in [0.15, 0.2) is 11.7 Å². The highest BCUT2D eigenvalue weighted by Gasteiger charge is 2.21. The van der Waals surface area contributed by atoms with Gasteiger partial charge in [0.2, 0.25) is 0 Å². The maximum atomic E-state index is 12.8. The molecule has 1 N–H and O–H groups in total. The molecule has 1 aromatic heterocycles. The fraction of sp³-hybridized carbons (Fsp3) is 0.259. The molecule has 168 valence electrons. The number of oxazole rings is 1. The highest BCUT2D eigenvalue weighted by molar-refractivity contribution is 5.86. The molecule has 6 heteroatoms. The molecule has 1 aliphatic rings. The van der Waals surface area contributed by atoms with Crippen molar-refractivity contribution in [2.45, 2.75) is 19.9 Å². The second kappa shape index (κ2) is 9.36. The van der Waals surface area contributed by atoms with Crippen LogP contribution in [0.3, 0.4) is 0 Å². The van der Waals surface area contributed by atoms with Crippen LogP contribution in [0.4, 0.5) is 10.5 Å². The SMILES string of the molecule is CCc1ncc(-c2ccc(N3CCN(C(=O)NCc4cccc5ccccc45)CC3)cc2)o1. The van der Waals surface area contributed by atoms with E-state index in [4.69, 9.17) is 4.42 Å². The molecule has 33 heavy (non-hydrogen) atoms. The normalized spacial score (nSPS) is 14.0. The number of fused-ring (bicyclic) bond motifs is 1. The predicted octanol–water partition coefficient (Wildman–Crippen LogP) is 5.09. The molecule has 0 radical (unpaired) electrons. The minimum absolute atomic E-state index is 0.00465. The van der Waals surface area contributed by atoms with E-state index in [-0.39, 0.29) is 6.03 Å². The first-order valence-corrected chi connectivity index (χ1v) is 11.5. The number of amides is 2. The van der Waals surface area contributed by atoms with E-state index in [9.17, 15) is 4.79 Å². The molecule has 0 saturated carbocycles. The predicted molar refractivity (Wildman–Crippen MR) is 131 cm³/mol. The van der Waals surface area contributed by atoms with Crippen molar-refractivity contribution in [3.63, 3.8) is 0 Å². The summed E-state index contributed by atoms with van der Waals surface area (Å²) >= 11 is 0. The fourth-order valence-corrected chi connectivity index (χ4v) is 4.34. The molecular formula is C27H28N4O2. The lowest BCUT2D eigenvalue weighted by Gasteiger charge is -2.36. The number of aromatic nitrogens is 1. The molecule has 6 nitrogen and oxygen atoms in total. The highest BCUT2D eigenvalue weighted by Crippen LogP contribution is 2.25. The van der Waals surface area contributed by atoms with Gasteiger partial charge >= 0.3 is 6.03 Å². The maximum absolute atomic E-state index is 12.8. The van der Waals surface area contributed by atoms with Crippen molar-refractivity contribution >= 4 is 22.5 Å². The van der Waals surface area contributed by atoms with Gasteiger partial charge in [-0.3, -0.25) is 0 Å². The molecule has 1 aliphatic heterocycles. The lowest BCUT2D eigenvalue weighted by molar-refractivity contribution is 0.194. The second-order valence-corrected chi connectivity index (χ2v) is 8.29. The summed E-state index contributed by atoms with van der Waals surface area (Å²) in [5.74, 6) is 1.55. The average molecular weight is 441 g/mol. The van der Waals surface area contributed by atoms with Gasteiger partial charge in [-0.15, -0.1) is 0 Å². The summed E-state index contributed by atoms with van der Waals surface area (Å²) in [5, 5.41) is 5.48. The van der Waals surface area contributed by atoms with Crippen LogP contribution in [0.1, 0.15) is 18.4 Å². The van der Waals surface area contributed by atoms with Gasteiger partial charge in [0.25, 0.3) is 0 Å². The molecule has 5 rings (SSSR count). The number of hydrogen-bond donors (Lipinski definition) is 1. The molecule has 3 aromatic carbocycles. The van der Waals surface area contributed by atoms with Crippen molar-refractivity contribution < 1.29 is 9.21 Å². The van der Waals surface area contributed by atoms with Crippen LogP contribution in [0.2, 0.25) is 0 Å². The fourth-order valence-electron chi connectivity index (χ4n) is 4.34. The van der Waals surface area contributed by atoms with Crippen LogP contribution in [0.25, 0.3) is 22.1 Å². The lowest BCUT2D eigenvalue weighted by Crippen LogP contribution is -2.51. The molecule has 0 aliphatic carbocycles. The van der Waals surface area contributed by atoms with Crippen LogP contribution >= 0.6 is 0 Å². The zero-order chi connectivity index (χ0) is 22.6. The standard InChI is InChI=1S/C27H28N4O2/c1-2-26-28-19-25(33-26)21-10-12-23(13-11-21)30-14-16-31(17-15-30)27(32)29-18-22-8-5-7-20-6-3-4-9-24(20)22/h3-13,19H,2,14-18H2,1H3,(H,29,32). The van der Waals surface area contributed by atoms with Gasteiger partial charge in [-0.25, -0.2) is 9.78 Å². The largest absolute Gasteiger partial charge is 0.441 e. The Kier molecular flexibility index (Phi) is 5.98. The molecule has 1 saturated heterocycles. The Labute approximate surface area is 193 Å². The van der Waals surface area contributed by atoms with Gasteiger partial charge in [-0.1, -0.05) is 49.4 Å². The van der Waals surface area contributed by atoms with Crippen molar-refractivity contribution in [2.24, 2.45) is 0 Å². The highest BCUT2D eigenvalue weighted by atomic mass is 16.4. The molecule has 1 fully saturated rings. The summed E-state index contributed by atoms with van der Waals surface area (Å²) in [6.45, 7) is 5.58. The first-order valence-electron chi connectivity index (χ1n) is 11.5. The zero-order valence-corrected chi connectivity index (χ0v) is 18.8. The number of aryl methyl sites for hydroxylation is 1. The van der Waals surface area contributed by atoms with Crippen LogP contribution in [-0.4, -0.2) is 42.1 Å². The Morgan fingerprint density at radius 3 is 2.48 bits per heavy atom. The lowest BCUT2D eigenvalue weighted by atomic mass is 10.0. The van der Waals surface area contributed by atoms with E-state index in [2.05, 4.69) is 63.7 Å². The third kappa shape index (κ3) is 4.55. The van der Waals surface area contributed by atoms with Gasteiger partial charge < -0.3 is 19.5 Å². The molecule has 2 amide bonds. The first kappa shape index (κ1) is 21.1. The number of hydrogen-bond acceptors (Lipinski definition) is 4. The Morgan fingerprint density at radius 1 is 0.970 bits per heavy atom. The molecule has 0 spiro atoms. The van der Waals surface area contributed by atoms with E-state index in [1.54, 1.807) is 6.20 Å². The quantitative estimate of drug-likeness (QED) is 0.470. The summed E-state index contributed by atoms with van der Waals surface area (Å²) in [7, 11) is 0.